The molecule has 0 fully saturated rings. The van der Waals surface area contributed by atoms with Gasteiger partial charge in [-0.2, -0.15) is 5.10 Å². The maximum absolute atomic E-state index is 6.42. The lowest BCUT2D eigenvalue weighted by molar-refractivity contribution is -0.0190. The lowest BCUT2D eigenvalue weighted by Gasteiger charge is -2.38. The molecule has 0 aromatic heterocycles. The number of methoxy groups -OCH3 is 1. The fraction of sp³-hybridized carbons (Fsp3) is 0.296. The number of para-hydroxylation sites is 1. The van der Waals surface area contributed by atoms with Gasteiger partial charge in [-0.25, -0.2) is 5.01 Å². The van der Waals surface area contributed by atoms with E-state index in [1.165, 1.54) is 5.56 Å². The van der Waals surface area contributed by atoms with Crippen molar-refractivity contribution in [2.24, 2.45) is 5.10 Å². The van der Waals surface area contributed by atoms with E-state index in [4.69, 9.17) is 19.3 Å². The van der Waals surface area contributed by atoms with E-state index in [0.29, 0.717) is 0 Å². The first-order valence-electron chi connectivity index (χ1n) is 11.3. The zero-order valence-electron chi connectivity index (χ0n) is 18.5. The van der Waals surface area contributed by atoms with Crippen molar-refractivity contribution in [3.05, 3.63) is 89.5 Å². The van der Waals surface area contributed by atoms with Crippen molar-refractivity contribution < 1.29 is 14.2 Å². The van der Waals surface area contributed by atoms with E-state index in [2.05, 4.69) is 36.2 Å². The minimum atomic E-state index is -0.282. The Kier molecular flexibility index (Phi) is 5.71. The van der Waals surface area contributed by atoms with Crippen molar-refractivity contribution >= 4 is 5.71 Å². The quantitative estimate of drug-likeness (QED) is 0.426. The van der Waals surface area contributed by atoms with Crippen LogP contribution in [0.25, 0.3) is 0 Å². The van der Waals surface area contributed by atoms with Crippen molar-refractivity contribution in [2.75, 3.05) is 13.7 Å². The van der Waals surface area contributed by atoms with Crippen LogP contribution in [0.3, 0.4) is 0 Å². The maximum atomic E-state index is 6.42. The van der Waals surface area contributed by atoms with Gasteiger partial charge < -0.3 is 14.2 Å². The molecule has 164 valence electrons. The standard InChI is InChI=1S/C27H28N2O3/c1-3-4-17-31-22-15-9-19(10-16-22)24-18-25-23-7-5-6-8-26(23)32-27(29(25)28-24)20-11-13-21(30-2)14-12-20/h5-16,25,27H,3-4,17-18H2,1-2H3/t25-,27-/m0/s1. The maximum Gasteiger partial charge on any atom is 0.213 e. The molecule has 0 saturated heterocycles. The second-order valence-corrected chi connectivity index (χ2v) is 8.15. The van der Waals surface area contributed by atoms with E-state index in [1.807, 2.05) is 48.5 Å². The first kappa shape index (κ1) is 20.4. The van der Waals surface area contributed by atoms with Crippen LogP contribution in [0.5, 0.6) is 17.2 Å². The van der Waals surface area contributed by atoms with Gasteiger partial charge in [-0.3, -0.25) is 0 Å². The second-order valence-electron chi connectivity index (χ2n) is 8.15. The number of nitrogens with zero attached hydrogens (tertiary/aromatic N) is 2. The van der Waals surface area contributed by atoms with Crippen molar-refractivity contribution in [3.8, 4) is 17.2 Å². The molecule has 0 spiro atoms. The van der Waals surface area contributed by atoms with E-state index in [-0.39, 0.29) is 12.3 Å². The molecule has 2 aliphatic heterocycles. The second kappa shape index (κ2) is 8.95. The summed E-state index contributed by atoms with van der Waals surface area (Å²) >= 11 is 0. The summed E-state index contributed by atoms with van der Waals surface area (Å²) in [4.78, 5) is 0. The average molecular weight is 429 g/mol. The van der Waals surface area contributed by atoms with E-state index < -0.39 is 0 Å². The topological polar surface area (TPSA) is 43.3 Å². The molecular weight excluding hydrogens is 400 g/mol. The molecule has 3 aromatic rings. The molecule has 0 amide bonds. The highest BCUT2D eigenvalue weighted by molar-refractivity contribution is 6.02. The molecule has 0 aliphatic carbocycles. The third-order valence-corrected chi connectivity index (χ3v) is 6.05. The van der Waals surface area contributed by atoms with Crippen LogP contribution in [0.4, 0.5) is 0 Å². The van der Waals surface area contributed by atoms with Gasteiger partial charge in [-0.15, -0.1) is 0 Å². The van der Waals surface area contributed by atoms with Crippen LogP contribution < -0.4 is 14.2 Å². The monoisotopic (exact) mass is 428 g/mol. The summed E-state index contributed by atoms with van der Waals surface area (Å²) in [5.74, 6) is 2.65. The highest BCUT2D eigenvalue weighted by atomic mass is 16.5. The number of benzene rings is 3. The fourth-order valence-electron chi connectivity index (χ4n) is 4.28. The summed E-state index contributed by atoms with van der Waals surface area (Å²) in [6.07, 6.45) is 2.75. The van der Waals surface area contributed by atoms with E-state index in [0.717, 1.165) is 60.0 Å². The molecule has 5 heteroatoms. The predicted molar refractivity (Wildman–Crippen MR) is 125 cm³/mol. The fourth-order valence-corrected chi connectivity index (χ4v) is 4.28. The third-order valence-electron chi connectivity index (χ3n) is 6.05. The van der Waals surface area contributed by atoms with E-state index >= 15 is 0 Å². The van der Waals surface area contributed by atoms with E-state index in [1.54, 1.807) is 7.11 Å². The molecule has 2 heterocycles. The molecule has 0 saturated carbocycles. The first-order chi connectivity index (χ1) is 15.8. The van der Waals surface area contributed by atoms with Gasteiger partial charge in [0, 0.05) is 17.5 Å². The molecule has 5 rings (SSSR count). The van der Waals surface area contributed by atoms with Crippen molar-refractivity contribution in [1.29, 1.82) is 0 Å². The van der Waals surface area contributed by atoms with Crippen molar-refractivity contribution in [1.82, 2.24) is 5.01 Å². The SMILES string of the molecule is CCCCOc1ccc(C2=NN3[C@@H](C2)c2ccccc2O[C@H]3c2ccc(OC)cc2)cc1. The number of unbranched alkanes of at least 4 members (excludes halogenated alkanes) is 1. The number of hydrogen-bond acceptors (Lipinski definition) is 5. The van der Waals surface area contributed by atoms with Crippen molar-refractivity contribution in [3.63, 3.8) is 0 Å². The Morgan fingerprint density at radius 3 is 2.47 bits per heavy atom. The van der Waals surface area contributed by atoms with Crippen LogP contribution in [0.15, 0.2) is 77.9 Å². The van der Waals surface area contributed by atoms with Gasteiger partial charge in [0.15, 0.2) is 0 Å². The number of fused-ring (bicyclic) bond motifs is 3. The Morgan fingerprint density at radius 2 is 1.72 bits per heavy atom. The molecule has 3 aromatic carbocycles. The molecule has 0 radical (unpaired) electrons. The van der Waals surface area contributed by atoms with Gasteiger partial charge in [0.1, 0.15) is 17.2 Å². The summed E-state index contributed by atoms with van der Waals surface area (Å²) in [5, 5.41) is 7.14. The molecule has 0 N–H and O–H groups in total. The Hall–Kier alpha value is -3.47. The van der Waals surface area contributed by atoms with Crippen molar-refractivity contribution in [2.45, 2.75) is 38.5 Å². The highest BCUT2D eigenvalue weighted by Crippen LogP contribution is 2.47. The van der Waals surface area contributed by atoms with Crippen LogP contribution in [-0.4, -0.2) is 24.4 Å². The van der Waals surface area contributed by atoms with Gasteiger partial charge in [-0.05, 0) is 66.6 Å². The number of hydrazone groups is 1. The first-order valence-corrected chi connectivity index (χ1v) is 11.3. The Balaban J connectivity index is 1.44. The summed E-state index contributed by atoms with van der Waals surface area (Å²) in [7, 11) is 1.68. The largest absolute Gasteiger partial charge is 0.497 e. The van der Waals surface area contributed by atoms with Gasteiger partial charge >= 0.3 is 0 Å². The minimum absolute atomic E-state index is 0.141. The molecular formula is C27H28N2O3. The Morgan fingerprint density at radius 1 is 0.969 bits per heavy atom. The molecule has 0 bridgehead atoms. The minimum Gasteiger partial charge on any atom is -0.497 e. The van der Waals surface area contributed by atoms with Gasteiger partial charge in [0.25, 0.3) is 0 Å². The molecule has 0 unspecified atom stereocenters. The number of rotatable bonds is 7. The third kappa shape index (κ3) is 3.91. The molecule has 2 aliphatic rings. The van der Waals surface area contributed by atoms with Gasteiger partial charge in [0.05, 0.1) is 25.5 Å². The summed E-state index contributed by atoms with van der Waals surface area (Å²) in [5.41, 5.74) is 4.41. The van der Waals surface area contributed by atoms with Crippen LogP contribution in [0.1, 0.15) is 55.1 Å². The smallest absolute Gasteiger partial charge is 0.213 e. The summed E-state index contributed by atoms with van der Waals surface area (Å²) < 4.78 is 17.6. The van der Waals surface area contributed by atoms with Crippen LogP contribution in [0.2, 0.25) is 0 Å². The number of ether oxygens (including phenoxy) is 3. The molecule has 32 heavy (non-hydrogen) atoms. The summed E-state index contributed by atoms with van der Waals surface area (Å²) in [6, 6.07) is 24.7. The lowest BCUT2D eigenvalue weighted by atomic mass is 9.96. The average Bonchev–Trinajstić information content (AvgIpc) is 3.30. The van der Waals surface area contributed by atoms with Gasteiger partial charge in [-0.1, -0.05) is 31.5 Å². The van der Waals surface area contributed by atoms with Gasteiger partial charge in [0.2, 0.25) is 6.23 Å². The highest BCUT2D eigenvalue weighted by Gasteiger charge is 2.40. The zero-order chi connectivity index (χ0) is 21.9. The van der Waals surface area contributed by atoms with Crippen LogP contribution >= 0.6 is 0 Å². The zero-order valence-corrected chi connectivity index (χ0v) is 18.5. The number of hydrogen-bond donors (Lipinski definition) is 0. The Bertz CT molecular complexity index is 1090. The van der Waals surface area contributed by atoms with Crippen LogP contribution in [-0.2, 0) is 0 Å². The normalized spacial score (nSPS) is 18.9. The Labute approximate surface area is 189 Å². The summed E-state index contributed by atoms with van der Waals surface area (Å²) in [6.45, 7) is 2.92. The molecule has 5 nitrogen and oxygen atoms in total. The van der Waals surface area contributed by atoms with Crippen LogP contribution in [0, 0.1) is 0 Å². The lowest BCUT2D eigenvalue weighted by Crippen LogP contribution is -2.33. The molecule has 2 atom stereocenters. The predicted octanol–water partition coefficient (Wildman–Crippen LogP) is 6.12. The van der Waals surface area contributed by atoms with E-state index in [9.17, 15) is 0 Å².